The molecule has 17 nitrogen and oxygen atoms in total. The fourth-order valence-electron chi connectivity index (χ4n) is 9.41. The normalized spacial score (nSPS) is 15.1. The van der Waals surface area contributed by atoms with Gasteiger partial charge < -0.3 is 33.8 Å². The number of aliphatic hydroxyl groups is 1. The minimum atomic E-state index is -4.96. The Morgan fingerprint density at radius 1 is 0.384 bits per heavy atom. The quantitative estimate of drug-likeness (QED) is 0.0169. The van der Waals surface area contributed by atoms with Crippen molar-refractivity contribution in [1.29, 1.82) is 0 Å². The largest absolute Gasteiger partial charge is 0.472 e. The molecule has 0 aliphatic rings. The van der Waals surface area contributed by atoms with Gasteiger partial charge in [0.15, 0.2) is 12.2 Å². The van der Waals surface area contributed by atoms with Gasteiger partial charge in [0.25, 0.3) is 0 Å². The summed E-state index contributed by atoms with van der Waals surface area (Å²) in [7, 11) is -9.91. The van der Waals surface area contributed by atoms with E-state index >= 15 is 0 Å². The van der Waals surface area contributed by atoms with E-state index in [1.54, 1.807) is 0 Å². The highest BCUT2D eigenvalue weighted by Crippen LogP contribution is 2.45. The lowest BCUT2D eigenvalue weighted by Crippen LogP contribution is -2.30. The molecule has 0 saturated carbocycles. The van der Waals surface area contributed by atoms with Crippen molar-refractivity contribution in [2.24, 2.45) is 17.8 Å². The Labute approximate surface area is 522 Å². The number of unbranched alkanes of at least 4 members (excludes halogenated alkanes) is 26. The van der Waals surface area contributed by atoms with Crippen molar-refractivity contribution in [1.82, 2.24) is 0 Å². The third kappa shape index (κ3) is 57.9. The van der Waals surface area contributed by atoms with Crippen LogP contribution >= 0.6 is 15.6 Å². The van der Waals surface area contributed by atoms with Crippen molar-refractivity contribution in [3.63, 3.8) is 0 Å². The van der Waals surface area contributed by atoms with Crippen molar-refractivity contribution in [2.45, 2.75) is 324 Å². The first-order valence-electron chi connectivity index (χ1n) is 34.2. The Kier molecular flexibility index (Phi) is 56.0. The number of hydrogen-bond acceptors (Lipinski definition) is 15. The first-order chi connectivity index (χ1) is 41.3. The number of aliphatic hydroxyl groups excluding tert-OH is 1. The van der Waals surface area contributed by atoms with Gasteiger partial charge in [0.2, 0.25) is 0 Å². The van der Waals surface area contributed by atoms with E-state index in [1.165, 1.54) is 96.3 Å². The Bertz CT molecular complexity index is 1800. The zero-order chi connectivity index (χ0) is 63.8. The van der Waals surface area contributed by atoms with Gasteiger partial charge in [0, 0.05) is 25.7 Å². The molecular formula is C67H126O17P2. The molecule has 0 rings (SSSR count). The number of rotatable bonds is 63. The molecule has 5 unspecified atom stereocenters. The first kappa shape index (κ1) is 83.5. The SMILES string of the molecule is CCCCCC/C=C\C=C/CCCCCCCC(=O)O[C@H](COC(=O)CCCCCCCCC(C)CC)COP(=O)(O)OCC(O)COP(=O)(O)OC[C@@H](COC(=O)CCCCCCCCCCC(C)C)OC(=O)CCCCCCCCC(C)CC. The van der Waals surface area contributed by atoms with Gasteiger partial charge in [-0.3, -0.25) is 37.3 Å². The number of hydrogen-bond donors (Lipinski definition) is 3. The minimum Gasteiger partial charge on any atom is -0.462 e. The molecule has 0 aromatic carbocycles. The molecule has 0 heterocycles. The van der Waals surface area contributed by atoms with Gasteiger partial charge in [-0.05, 0) is 69.1 Å². The second-order valence-electron chi connectivity index (χ2n) is 24.5. The summed E-state index contributed by atoms with van der Waals surface area (Å²) >= 11 is 0. The molecule has 0 amide bonds. The van der Waals surface area contributed by atoms with Crippen LogP contribution in [-0.2, 0) is 65.4 Å². The monoisotopic (exact) mass is 1260 g/mol. The van der Waals surface area contributed by atoms with E-state index in [-0.39, 0.29) is 25.7 Å². The van der Waals surface area contributed by atoms with E-state index in [2.05, 4.69) is 72.8 Å². The van der Waals surface area contributed by atoms with Gasteiger partial charge in [-0.15, -0.1) is 0 Å². The molecule has 0 aliphatic carbocycles. The van der Waals surface area contributed by atoms with Crippen LogP contribution in [0.3, 0.4) is 0 Å². The molecule has 0 bridgehead atoms. The molecular weight excluding hydrogens is 1140 g/mol. The highest BCUT2D eigenvalue weighted by molar-refractivity contribution is 7.47. The fourth-order valence-corrected chi connectivity index (χ4v) is 11.0. The number of phosphoric ester groups is 2. The molecule has 19 heteroatoms. The van der Waals surface area contributed by atoms with Crippen molar-refractivity contribution in [3.05, 3.63) is 24.3 Å². The smallest absolute Gasteiger partial charge is 0.462 e. The predicted octanol–water partition coefficient (Wildman–Crippen LogP) is 18.2. The molecule has 0 aromatic heterocycles. The predicted molar refractivity (Wildman–Crippen MR) is 344 cm³/mol. The summed E-state index contributed by atoms with van der Waals surface area (Å²) < 4.78 is 68.1. The van der Waals surface area contributed by atoms with E-state index in [1.807, 2.05) is 0 Å². The third-order valence-electron chi connectivity index (χ3n) is 15.5. The summed E-state index contributed by atoms with van der Waals surface area (Å²) in [6.45, 7) is 11.6. The molecule has 0 spiro atoms. The lowest BCUT2D eigenvalue weighted by molar-refractivity contribution is -0.161. The zero-order valence-electron chi connectivity index (χ0n) is 55.3. The van der Waals surface area contributed by atoms with Crippen molar-refractivity contribution in [2.75, 3.05) is 39.6 Å². The lowest BCUT2D eigenvalue weighted by Gasteiger charge is -2.21. The molecule has 86 heavy (non-hydrogen) atoms. The van der Waals surface area contributed by atoms with Crippen LogP contribution in [0, 0.1) is 17.8 Å². The second-order valence-corrected chi connectivity index (χ2v) is 27.4. The van der Waals surface area contributed by atoms with Gasteiger partial charge in [-0.1, -0.05) is 253 Å². The molecule has 3 N–H and O–H groups in total. The summed E-state index contributed by atoms with van der Waals surface area (Å²) in [5, 5.41) is 10.6. The highest BCUT2D eigenvalue weighted by atomic mass is 31.2. The molecule has 506 valence electrons. The maximum Gasteiger partial charge on any atom is 0.472 e. The number of esters is 4. The fraction of sp³-hybridized carbons (Fsp3) is 0.881. The molecule has 0 aromatic rings. The summed E-state index contributed by atoms with van der Waals surface area (Å²) in [5.41, 5.74) is 0. The van der Waals surface area contributed by atoms with E-state index < -0.39 is 97.5 Å². The van der Waals surface area contributed by atoms with Crippen molar-refractivity contribution < 1.29 is 80.2 Å². The number of carbonyl (C=O) groups excluding carboxylic acids is 4. The van der Waals surface area contributed by atoms with Gasteiger partial charge in [0.1, 0.15) is 19.3 Å². The Morgan fingerprint density at radius 3 is 1.03 bits per heavy atom. The Morgan fingerprint density at radius 2 is 0.686 bits per heavy atom. The van der Waals surface area contributed by atoms with E-state index in [9.17, 15) is 43.2 Å². The van der Waals surface area contributed by atoms with Crippen LogP contribution in [0.1, 0.15) is 305 Å². The van der Waals surface area contributed by atoms with E-state index in [0.717, 1.165) is 127 Å². The number of carbonyl (C=O) groups is 4. The van der Waals surface area contributed by atoms with Crippen molar-refractivity contribution >= 4 is 39.5 Å². The van der Waals surface area contributed by atoms with Crippen LogP contribution in [0.4, 0.5) is 0 Å². The van der Waals surface area contributed by atoms with E-state index in [4.69, 9.17) is 37.0 Å². The van der Waals surface area contributed by atoms with Crippen molar-refractivity contribution in [3.8, 4) is 0 Å². The molecule has 0 radical (unpaired) electrons. The number of phosphoric acid groups is 2. The minimum absolute atomic E-state index is 0.0834. The lowest BCUT2D eigenvalue weighted by atomic mass is 10.00. The first-order valence-corrected chi connectivity index (χ1v) is 37.2. The summed E-state index contributed by atoms with van der Waals surface area (Å²) in [4.78, 5) is 72.3. The molecule has 0 saturated heterocycles. The third-order valence-corrected chi connectivity index (χ3v) is 17.4. The van der Waals surface area contributed by atoms with Gasteiger partial charge in [0.05, 0.1) is 26.4 Å². The maximum absolute atomic E-state index is 13.0. The molecule has 0 aliphatic heterocycles. The van der Waals surface area contributed by atoms with Crippen LogP contribution in [0.15, 0.2) is 24.3 Å². The van der Waals surface area contributed by atoms with Crippen LogP contribution < -0.4 is 0 Å². The second kappa shape index (κ2) is 57.7. The Balaban J connectivity index is 5.29. The molecule has 0 fully saturated rings. The number of ether oxygens (including phenoxy) is 4. The average molecular weight is 1270 g/mol. The van der Waals surface area contributed by atoms with Gasteiger partial charge >= 0.3 is 39.5 Å². The summed E-state index contributed by atoms with van der Waals surface area (Å²) in [6.07, 6.45) is 42.6. The Hall–Kier alpha value is -2.46. The van der Waals surface area contributed by atoms with Gasteiger partial charge in [-0.25, -0.2) is 9.13 Å². The zero-order valence-corrected chi connectivity index (χ0v) is 57.0. The topological polar surface area (TPSA) is 237 Å². The van der Waals surface area contributed by atoms with Gasteiger partial charge in [-0.2, -0.15) is 0 Å². The summed E-state index contributed by atoms with van der Waals surface area (Å²) in [6, 6.07) is 0. The van der Waals surface area contributed by atoms with Crippen LogP contribution in [0.25, 0.3) is 0 Å². The maximum atomic E-state index is 13.0. The van der Waals surface area contributed by atoms with Crippen LogP contribution in [0.5, 0.6) is 0 Å². The molecule has 7 atom stereocenters. The van der Waals surface area contributed by atoms with Crippen LogP contribution in [-0.4, -0.2) is 96.7 Å². The van der Waals surface area contributed by atoms with E-state index in [0.29, 0.717) is 25.7 Å². The highest BCUT2D eigenvalue weighted by Gasteiger charge is 2.30. The standard InChI is InChI=1S/C67H126O17P2/c1-8-11-12-13-14-15-16-17-18-19-20-21-26-36-43-50-66(71)83-62(55-78-65(70)49-42-35-29-27-32-39-46-59(6)9-2)56-81-85(73,74)79-52-61(68)53-80-86(75,76)82-57-63(84-67(72)51-44-37-30-28-33-40-47-60(7)10-3)54-77-64(69)48-41-34-25-23-22-24-31-38-45-58(4)5/h15-18,58-63,68H,8-14,19-57H2,1-7H3,(H,73,74)(H,75,76)/b16-15-,18-17-/t59?,60?,61?,62-,63-/m1/s1. The average Bonchev–Trinajstić information content (AvgIpc) is 3.55. The van der Waals surface area contributed by atoms with Crippen LogP contribution in [0.2, 0.25) is 0 Å². The number of allylic oxidation sites excluding steroid dienone is 4. The summed E-state index contributed by atoms with van der Waals surface area (Å²) in [5.74, 6) is 0.00399.